The maximum atomic E-state index is 11.5. The molecule has 0 aliphatic carbocycles. The van der Waals surface area contributed by atoms with Crippen LogP contribution in [-0.4, -0.2) is 38.0 Å². The van der Waals surface area contributed by atoms with E-state index < -0.39 is 5.97 Å². The largest absolute Gasteiger partial charge is 0.480 e. The van der Waals surface area contributed by atoms with E-state index in [1.165, 1.54) is 10.9 Å². The average Bonchev–Trinajstić information content (AvgIpc) is 2.73. The molecule has 1 heterocycles. The van der Waals surface area contributed by atoms with E-state index in [0.717, 1.165) is 12.8 Å². The van der Waals surface area contributed by atoms with E-state index in [9.17, 15) is 9.59 Å². The highest BCUT2D eigenvalue weighted by atomic mass is 16.4. The van der Waals surface area contributed by atoms with Gasteiger partial charge in [0.15, 0.2) is 0 Å². The summed E-state index contributed by atoms with van der Waals surface area (Å²) in [5.74, 6) is -1.14. The first kappa shape index (κ1) is 15.1. The maximum absolute atomic E-state index is 11.5. The molecule has 0 spiro atoms. The molecule has 1 unspecified atom stereocenters. The zero-order valence-electron chi connectivity index (χ0n) is 10.9. The molecule has 0 bridgehead atoms. The number of carboxylic acids is 1. The number of rotatable bonds is 8. The molecule has 8 heteroatoms. The predicted molar refractivity (Wildman–Crippen MR) is 67.0 cm³/mol. The van der Waals surface area contributed by atoms with Crippen molar-refractivity contribution in [2.45, 2.75) is 45.3 Å². The standard InChI is InChI=1S/C11H19N5O3/c1-2-3-8(12)4-10(17)13-5-9-6-16(15-14-9)7-11(18)19/h6,8H,2-5,7,12H2,1H3,(H,13,17)(H,18,19). The van der Waals surface area contributed by atoms with Crippen molar-refractivity contribution in [3.8, 4) is 0 Å². The number of nitrogens with zero attached hydrogens (tertiary/aromatic N) is 3. The second-order valence-corrected chi connectivity index (χ2v) is 4.33. The lowest BCUT2D eigenvalue weighted by Gasteiger charge is -2.09. The van der Waals surface area contributed by atoms with Gasteiger partial charge in [0, 0.05) is 12.5 Å². The summed E-state index contributed by atoms with van der Waals surface area (Å²) < 4.78 is 1.20. The minimum Gasteiger partial charge on any atom is -0.480 e. The van der Waals surface area contributed by atoms with Gasteiger partial charge in [-0.05, 0) is 6.42 Å². The smallest absolute Gasteiger partial charge is 0.325 e. The van der Waals surface area contributed by atoms with Crippen molar-refractivity contribution >= 4 is 11.9 Å². The summed E-state index contributed by atoms with van der Waals surface area (Å²) >= 11 is 0. The number of aliphatic carboxylic acids is 1. The number of carbonyl (C=O) groups is 2. The van der Waals surface area contributed by atoms with Crippen LogP contribution in [0.15, 0.2) is 6.20 Å². The fourth-order valence-electron chi connectivity index (χ4n) is 1.61. The summed E-state index contributed by atoms with van der Waals surface area (Å²) in [6.07, 6.45) is 3.51. The van der Waals surface area contributed by atoms with Crippen molar-refractivity contribution in [2.75, 3.05) is 0 Å². The molecular formula is C11H19N5O3. The highest BCUT2D eigenvalue weighted by molar-refractivity contribution is 5.76. The van der Waals surface area contributed by atoms with Crippen molar-refractivity contribution in [3.63, 3.8) is 0 Å². The molecule has 0 saturated carbocycles. The van der Waals surface area contributed by atoms with Crippen molar-refractivity contribution in [2.24, 2.45) is 5.73 Å². The van der Waals surface area contributed by atoms with Crippen molar-refractivity contribution < 1.29 is 14.7 Å². The van der Waals surface area contributed by atoms with E-state index in [1.54, 1.807) is 0 Å². The molecule has 0 radical (unpaired) electrons. The first-order chi connectivity index (χ1) is 9.01. The molecule has 1 aromatic heterocycles. The highest BCUT2D eigenvalue weighted by Gasteiger charge is 2.09. The van der Waals surface area contributed by atoms with E-state index in [2.05, 4.69) is 15.6 Å². The molecule has 0 aliphatic rings. The van der Waals surface area contributed by atoms with E-state index in [-0.39, 0.29) is 31.5 Å². The van der Waals surface area contributed by atoms with Crippen LogP contribution in [0.4, 0.5) is 0 Å². The van der Waals surface area contributed by atoms with E-state index in [0.29, 0.717) is 5.69 Å². The van der Waals surface area contributed by atoms with Gasteiger partial charge in [0.1, 0.15) is 12.2 Å². The second kappa shape index (κ2) is 7.47. The number of nitrogens with two attached hydrogens (primary N) is 1. The van der Waals surface area contributed by atoms with Crippen LogP contribution < -0.4 is 11.1 Å². The Hall–Kier alpha value is -1.96. The quantitative estimate of drug-likeness (QED) is 0.584. The topological polar surface area (TPSA) is 123 Å². The normalized spacial score (nSPS) is 12.1. The number of hydrogen-bond donors (Lipinski definition) is 3. The van der Waals surface area contributed by atoms with Gasteiger partial charge in [-0.15, -0.1) is 5.10 Å². The second-order valence-electron chi connectivity index (χ2n) is 4.33. The molecule has 106 valence electrons. The molecule has 8 nitrogen and oxygen atoms in total. The lowest BCUT2D eigenvalue weighted by molar-refractivity contribution is -0.138. The van der Waals surface area contributed by atoms with Gasteiger partial charge >= 0.3 is 5.97 Å². The van der Waals surface area contributed by atoms with Gasteiger partial charge in [0.25, 0.3) is 0 Å². The molecule has 0 saturated heterocycles. The predicted octanol–water partition coefficient (Wildman–Crippen LogP) is -0.504. The van der Waals surface area contributed by atoms with Crippen LogP contribution >= 0.6 is 0 Å². The minimum absolute atomic E-state index is 0.132. The van der Waals surface area contributed by atoms with Crippen molar-refractivity contribution in [1.29, 1.82) is 0 Å². The van der Waals surface area contributed by atoms with E-state index in [4.69, 9.17) is 10.8 Å². The summed E-state index contributed by atoms with van der Waals surface area (Å²) in [5.41, 5.74) is 6.27. The van der Waals surface area contributed by atoms with Gasteiger partial charge in [-0.25, -0.2) is 4.68 Å². The zero-order chi connectivity index (χ0) is 14.3. The Morgan fingerprint density at radius 2 is 2.32 bits per heavy atom. The summed E-state index contributed by atoms with van der Waals surface area (Å²) in [4.78, 5) is 22.0. The third kappa shape index (κ3) is 5.96. The number of nitrogens with one attached hydrogen (secondary N) is 1. The SMILES string of the molecule is CCCC(N)CC(=O)NCc1cn(CC(=O)O)nn1. The van der Waals surface area contributed by atoms with E-state index >= 15 is 0 Å². The van der Waals surface area contributed by atoms with Crippen molar-refractivity contribution in [3.05, 3.63) is 11.9 Å². The number of amides is 1. The Kier molecular flexibility index (Phi) is 5.94. The molecule has 19 heavy (non-hydrogen) atoms. The monoisotopic (exact) mass is 269 g/mol. The summed E-state index contributed by atoms with van der Waals surface area (Å²) in [5, 5.41) is 18.6. The Morgan fingerprint density at radius 1 is 1.58 bits per heavy atom. The maximum Gasteiger partial charge on any atom is 0.325 e. The van der Waals surface area contributed by atoms with Crippen LogP contribution in [0.1, 0.15) is 31.9 Å². The lowest BCUT2D eigenvalue weighted by atomic mass is 10.1. The van der Waals surface area contributed by atoms with Crippen LogP contribution in [0.25, 0.3) is 0 Å². The van der Waals surface area contributed by atoms with Gasteiger partial charge in [-0.2, -0.15) is 0 Å². The Bertz CT molecular complexity index is 432. The molecule has 1 amide bonds. The highest BCUT2D eigenvalue weighted by Crippen LogP contribution is 1.99. The van der Waals surface area contributed by atoms with Gasteiger partial charge in [0.05, 0.1) is 12.7 Å². The van der Waals surface area contributed by atoms with Crippen LogP contribution in [0, 0.1) is 0 Å². The lowest BCUT2D eigenvalue weighted by Crippen LogP contribution is -2.31. The molecule has 0 fully saturated rings. The Balaban J connectivity index is 2.33. The Morgan fingerprint density at radius 3 is 2.95 bits per heavy atom. The number of hydrogen-bond acceptors (Lipinski definition) is 5. The van der Waals surface area contributed by atoms with Crippen molar-refractivity contribution in [1.82, 2.24) is 20.3 Å². The van der Waals surface area contributed by atoms with Crippen LogP contribution in [-0.2, 0) is 22.7 Å². The molecule has 1 aromatic rings. The first-order valence-corrected chi connectivity index (χ1v) is 6.14. The first-order valence-electron chi connectivity index (χ1n) is 6.14. The summed E-state index contributed by atoms with van der Waals surface area (Å²) in [6.45, 7) is 1.98. The summed E-state index contributed by atoms with van der Waals surface area (Å²) in [6, 6.07) is -0.132. The molecule has 1 atom stereocenters. The molecular weight excluding hydrogens is 250 g/mol. The van der Waals surface area contributed by atoms with E-state index in [1.807, 2.05) is 6.92 Å². The average molecular weight is 269 g/mol. The van der Waals surface area contributed by atoms with Gasteiger partial charge in [-0.3, -0.25) is 9.59 Å². The summed E-state index contributed by atoms with van der Waals surface area (Å²) in [7, 11) is 0. The fraction of sp³-hybridized carbons (Fsp3) is 0.636. The van der Waals surface area contributed by atoms with Gasteiger partial charge in [-0.1, -0.05) is 18.6 Å². The molecule has 0 aromatic carbocycles. The van der Waals surface area contributed by atoms with Crippen LogP contribution in [0.5, 0.6) is 0 Å². The molecule has 4 N–H and O–H groups in total. The molecule has 0 aliphatic heterocycles. The van der Waals surface area contributed by atoms with Crippen LogP contribution in [0.2, 0.25) is 0 Å². The zero-order valence-corrected chi connectivity index (χ0v) is 10.9. The van der Waals surface area contributed by atoms with Gasteiger partial charge in [0.2, 0.25) is 5.91 Å². The third-order valence-electron chi connectivity index (χ3n) is 2.46. The van der Waals surface area contributed by atoms with Crippen LogP contribution in [0.3, 0.4) is 0 Å². The minimum atomic E-state index is -0.994. The fourth-order valence-corrected chi connectivity index (χ4v) is 1.61. The number of carboxylic acid groups (broad SMARTS) is 1. The van der Waals surface area contributed by atoms with Gasteiger partial charge < -0.3 is 16.2 Å². The number of aromatic nitrogens is 3. The molecule has 1 rings (SSSR count). The third-order valence-corrected chi connectivity index (χ3v) is 2.46. The Labute approximate surface area is 111 Å². The number of carbonyl (C=O) groups excluding carboxylic acids is 1.